The minimum absolute atomic E-state index is 0.674. The zero-order chi connectivity index (χ0) is 12.1. The molecule has 0 bridgehead atoms. The van der Waals surface area contributed by atoms with E-state index in [9.17, 15) is 0 Å². The molecule has 17 heavy (non-hydrogen) atoms. The van der Waals surface area contributed by atoms with Crippen molar-refractivity contribution in [3.63, 3.8) is 0 Å². The Bertz CT molecular complexity index is 422. The molecule has 1 aromatic rings. The summed E-state index contributed by atoms with van der Waals surface area (Å²) in [6.07, 6.45) is 2.57. The summed E-state index contributed by atoms with van der Waals surface area (Å²) in [4.78, 5) is 0. The Kier molecular flexibility index (Phi) is 4.16. The zero-order valence-corrected chi connectivity index (χ0v) is 10.7. The molecular weight excluding hydrogens is 232 g/mol. The van der Waals surface area contributed by atoms with Gasteiger partial charge in [0.25, 0.3) is 0 Å². The first-order valence-electron chi connectivity index (χ1n) is 5.77. The van der Waals surface area contributed by atoms with Crippen LogP contribution in [0, 0.1) is 11.3 Å². The number of nitrogens with zero attached hydrogens (tertiary/aromatic N) is 1. The van der Waals surface area contributed by atoms with Gasteiger partial charge in [-0.05, 0) is 30.7 Å². The number of hydrogen-bond donors (Lipinski definition) is 1. The lowest BCUT2D eigenvalue weighted by Gasteiger charge is -2.13. The Hall–Kier alpha value is -1.34. The number of anilines is 1. The van der Waals surface area contributed by atoms with Crippen molar-refractivity contribution in [2.24, 2.45) is 0 Å². The predicted molar refractivity (Wildman–Crippen MR) is 71.7 cm³/mol. The third-order valence-electron chi connectivity index (χ3n) is 2.89. The summed E-state index contributed by atoms with van der Waals surface area (Å²) >= 11 is 2.01. The van der Waals surface area contributed by atoms with Crippen LogP contribution >= 0.6 is 11.8 Å². The number of ether oxygens (including phenoxy) is 1. The monoisotopic (exact) mass is 248 g/mol. The molecule has 1 aliphatic rings. The molecule has 0 aromatic heterocycles. The van der Waals surface area contributed by atoms with E-state index in [0.29, 0.717) is 10.8 Å². The second-order valence-electron chi connectivity index (χ2n) is 4.04. The van der Waals surface area contributed by atoms with Crippen LogP contribution in [0.5, 0.6) is 5.75 Å². The van der Waals surface area contributed by atoms with Gasteiger partial charge in [0.15, 0.2) is 0 Å². The fraction of sp³-hybridized carbons (Fsp3) is 0.462. The predicted octanol–water partition coefficient (Wildman–Crippen LogP) is 2.87. The topological polar surface area (TPSA) is 45.0 Å². The average Bonchev–Trinajstić information content (AvgIpc) is 2.89. The molecule has 1 fully saturated rings. The zero-order valence-electron chi connectivity index (χ0n) is 9.90. The van der Waals surface area contributed by atoms with Gasteiger partial charge in [-0.3, -0.25) is 0 Å². The van der Waals surface area contributed by atoms with Gasteiger partial charge in [0.1, 0.15) is 11.8 Å². The molecule has 4 heteroatoms. The van der Waals surface area contributed by atoms with Crippen LogP contribution in [0.15, 0.2) is 18.2 Å². The quantitative estimate of drug-likeness (QED) is 0.890. The van der Waals surface area contributed by atoms with Crippen molar-refractivity contribution < 1.29 is 4.74 Å². The van der Waals surface area contributed by atoms with Gasteiger partial charge in [-0.25, -0.2) is 0 Å². The van der Waals surface area contributed by atoms with Crippen LogP contribution in [-0.2, 0) is 0 Å². The van der Waals surface area contributed by atoms with Crippen molar-refractivity contribution in [3.05, 3.63) is 23.8 Å². The molecule has 1 N–H and O–H groups in total. The third-order valence-corrected chi connectivity index (χ3v) is 4.29. The van der Waals surface area contributed by atoms with Crippen molar-refractivity contribution in [3.8, 4) is 11.8 Å². The second-order valence-corrected chi connectivity index (χ2v) is 5.45. The van der Waals surface area contributed by atoms with Gasteiger partial charge in [0, 0.05) is 17.9 Å². The molecule has 1 aromatic carbocycles. The maximum Gasteiger partial charge on any atom is 0.121 e. The van der Waals surface area contributed by atoms with E-state index in [-0.39, 0.29) is 0 Å². The standard InChI is InChI=1S/C13H16N2OS/c1-16-11-5-4-10(8-14)13(7-11)15-9-12-3-2-6-17-12/h4-5,7,12,15H,2-3,6,9H2,1H3. The molecule has 1 saturated heterocycles. The molecule has 0 saturated carbocycles. The number of nitrogens with one attached hydrogen (secondary N) is 1. The van der Waals surface area contributed by atoms with Gasteiger partial charge >= 0.3 is 0 Å². The lowest BCUT2D eigenvalue weighted by molar-refractivity contribution is 0.415. The average molecular weight is 248 g/mol. The Balaban J connectivity index is 2.04. The maximum absolute atomic E-state index is 9.04. The van der Waals surface area contributed by atoms with Crippen molar-refractivity contribution >= 4 is 17.4 Å². The van der Waals surface area contributed by atoms with E-state index in [1.54, 1.807) is 13.2 Å². The van der Waals surface area contributed by atoms with Crippen molar-refractivity contribution in [1.82, 2.24) is 0 Å². The van der Waals surface area contributed by atoms with Crippen LogP contribution in [-0.4, -0.2) is 24.7 Å². The van der Waals surface area contributed by atoms with Crippen LogP contribution in [0.4, 0.5) is 5.69 Å². The van der Waals surface area contributed by atoms with E-state index in [4.69, 9.17) is 10.00 Å². The second kappa shape index (κ2) is 5.83. The number of benzene rings is 1. The molecular formula is C13H16N2OS. The van der Waals surface area contributed by atoms with Crippen LogP contribution in [0.2, 0.25) is 0 Å². The number of nitriles is 1. The minimum Gasteiger partial charge on any atom is -0.497 e. The molecule has 90 valence electrons. The van der Waals surface area contributed by atoms with Gasteiger partial charge in [-0.1, -0.05) is 0 Å². The molecule has 0 aliphatic carbocycles. The maximum atomic E-state index is 9.04. The number of methoxy groups -OCH3 is 1. The first kappa shape index (κ1) is 12.1. The summed E-state index contributed by atoms with van der Waals surface area (Å²) in [7, 11) is 1.64. The molecule has 0 amide bonds. The van der Waals surface area contributed by atoms with Gasteiger partial charge in [-0.15, -0.1) is 0 Å². The normalized spacial score (nSPS) is 18.7. The fourth-order valence-corrected chi connectivity index (χ4v) is 3.12. The van der Waals surface area contributed by atoms with Crippen molar-refractivity contribution in [2.75, 3.05) is 24.7 Å². The highest BCUT2D eigenvalue weighted by Crippen LogP contribution is 2.27. The fourth-order valence-electron chi connectivity index (χ4n) is 1.92. The van der Waals surface area contributed by atoms with E-state index in [1.165, 1.54) is 18.6 Å². The molecule has 1 unspecified atom stereocenters. The largest absolute Gasteiger partial charge is 0.497 e. The first-order valence-corrected chi connectivity index (χ1v) is 6.82. The SMILES string of the molecule is COc1ccc(C#N)c(NCC2CCCS2)c1. The van der Waals surface area contributed by atoms with E-state index in [1.807, 2.05) is 23.9 Å². The summed E-state index contributed by atoms with van der Waals surface area (Å²) in [5, 5.41) is 13.1. The molecule has 2 rings (SSSR count). The molecule has 0 radical (unpaired) electrons. The van der Waals surface area contributed by atoms with Crippen molar-refractivity contribution in [1.29, 1.82) is 5.26 Å². The smallest absolute Gasteiger partial charge is 0.121 e. The highest BCUT2D eigenvalue weighted by molar-refractivity contribution is 8.00. The highest BCUT2D eigenvalue weighted by atomic mass is 32.2. The van der Waals surface area contributed by atoms with Gasteiger partial charge in [0.05, 0.1) is 18.4 Å². The van der Waals surface area contributed by atoms with Crippen LogP contribution in [0.25, 0.3) is 0 Å². The Morgan fingerprint density at radius 3 is 3.12 bits per heavy atom. The van der Waals surface area contributed by atoms with E-state index >= 15 is 0 Å². The molecule has 1 aliphatic heterocycles. The van der Waals surface area contributed by atoms with Crippen molar-refractivity contribution in [2.45, 2.75) is 18.1 Å². The lowest BCUT2D eigenvalue weighted by atomic mass is 10.1. The summed E-state index contributed by atoms with van der Waals surface area (Å²) in [5.74, 6) is 2.04. The van der Waals surface area contributed by atoms with E-state index < -0.39 is 0 Å². The Morgan fingerprint density at radius 2 is 2.47 bits per heavy atom. The summed E-state index contributed by atoms with van der Waals surface area (Å²) in [6, 6.07) is 7.69. The molecule has 1 atom stereocenters. The van der Waals surface area contributed by atoms with Gasteiger partial charge < -0.3 is 10.1 Å². The Morgan fingerprint density at radius 1 is 1.59 bits per heavy atom. The molecule has 3 nitrogen and oxygen atoms in total. The van der Waals surface area contributed by atoms with Crippen LogP contribution in [0.1, 0.15) is 18.4 Å². The summed E-state index contributed by atoms with van der Waals surface area (Å²) < 4.78 is 5.17. The van der Waals surface area contributed by atoms with Crippen LogP contribution in [0.3, 0.4) is 0 Å². The number of hydrogen-bond acceptors (Lipinski definition) is 4. The van der Waals surface area contributed by atoms with Gasteiger partial charge in [0.2, 0.25) is 0 Å². The Labute approximate surface area is 106 Å². The summed E-state index contributed by atoms with van der Waals surface area (Å²) in [6.45, 7) is 0.923. The minimum atomic E-state index is 0.674. The number of thioether (sulfide) groups is 1. The third kappa shape index (κ3) is 3.07. The van der Waals surface area contributed by atoms with Gasteiger partial charge in [-0.2, -0.15) is 17.0 Å². The van der Waals surface area contributed by atoms with Crippen LogP contribution < -0.4 is 10.1 Å². The lowest BCUT2D eigenvalue weighted by Crippen LogP contribution is -2.14. The van der Waals surface area contributed by atoms with E-state index in [0.717, 1.165) is 18.0 Å². The summed E-state index contributed by atoms with van der Waals surface area (Å²) in [5.41, 5.74) is 1.55. The van der Waals surface area contributed by atoms with E-state index in [2.05, 4.69) is 11.4 Å². The first-order chi connectivity index (χ1) is 8.33. The molecule has 0 spiro atoms. The molecule has 1 heterocycles. The highest BCUT2D eigenvalue weighted by Gasteiger charge is 2.15. The number of rotatable bonds is 4.